The van der Waals surface area contributed by atoms with Crippen LogP contribution in [0.15, 0.2) is 41.8 Å². The third-order valence-corrected chi connectivity index (χ3v) is 3.97. The average Bonchev–Trinajstić information content (AvgIpc) is 3.07. The summed E-state index contributed by atoms with van der Waals surface area (Å²) in [6.07, 6.45) is 3.23. The molecule has 2 amide bonds. The standard InChI is InChI=1S/C18H20N2O3S/c1-4-23-16-12-13(18(22)20(2)3)7-9-15(16)19-17(21)10-8-14-6-5-11-24-14/h5-12H,4H2,1-3H3,(H,19,21)/b10-8+. The van der Waals surface area contributed by atoms with Gasteiger partial charge in [-0.3, -0.25) is 9.59 Å². The molecule has 0 aliphatic carbocycles. The van der Waals surface area contributed by atoms with Gasteiger partial charge in [0, 0.05) is 30.6 Å². The fourth-order valence-corrected chi connectivity index (χ4v) is 2.63. The minimum Gasteiger partial charge on any atom is -0.492 e. The summed E-state index contributed by atoms with van der Waals surface area (Å²) in [5.74, 6) is 0.102. The van der Waals surface area contributed by atoms with E-state index in [0.717, 1.165) is 4.88 Å². The molecule has 1 heterocycles. The zero-order valence-electron chi connectivity index (χ0n) is 13.9. The molecule has 0 radical (unpaired) electrons. The molecule has 6 heteroatoms. The van der Waals surface area contributed by atoms with Gasteiger partial charge >= 0.3 is 0 Å². The fourth-order valence-electron chi connectivity index (χ4n) is 2.01. The number of carbonyl (C=O) groups excluding carboxylic acids is 2. The van der Waals surface area contributed by atoms with Gasteiger partial charge in [-0.05, 0) is 42.6 Å². The molecule has 0 aliphatic heterocycles. The molecule has 5 nitrogen and oxygen atoms in total. The van der Waals surface area contributed by atoms with E-state index < -0.39 is 0 Å². The molecule has 1 N–H and O–H groups in total. The van der Waals surface area contributed by atoms with Gasteiger partial charge in [-0.25, -0.2) is 0 Å². The van der Waals surface area contributed by atoms with E-state index in [1.807, 2.05) is 24.4 Å². The highest BCUT2D eigenvalue weighted by Crippen LogP contribution is 2.26. The van der Waals surface area contributed by atoms with Crippen molar-refractivity contribution in [2.75, 3.05) is 26.0 Å². The first kappa shape index (κ1) is 17.7. The smallest absolute Gasteiger partial charge is 0.253 e. The summed E-state index contributed by atoms with van der Waals surface area (Å²) in [7, 11) is 3.38. The van der Waals surface area contributed by atoms with E-state index in [4.69, 9.17) is 4.74 Å². The Morgan fingerprint density at radius 1 is 1.29 bits per heavy atom. The predicted molar refractivity (Wildman–Crippen MR) is 97.6 cm³/mol. The number of hydrogen-bond acceptors (Lipinski definition) is 4. The Bertz CT molecular complexity index is 737. The van der Waals surface area contributed by atoms with E-state index in [1.54, 1.807) is 49.7 Å². The summed E-state index contributed by atoms with van der Waals surface area (Å²) in [5.41, 5.74) is 1.04. The lowest BCUT2D eigenvalue weighted by molar-refractivity contribution is -0.111. The van der Waals surface area contributed by atoms with Crippen molar-refractivity contribution in [3.05, 3.63) is 52.2 Å². The lowest BCUT2D eigenvalue weighted by Gasteiger charge is -2.14. The molecule has 0 unspecified atom stereocenters. The average molecular weight is 344 g/mol. The Balaban J connectivity index is 2.16. The number of hydrogen-bond donors (Lipinski definition) is 1. The highest BCUT2D eigenvalue weighted by atomic mass is 32.1. The Kier molecular flexibility index (Phi) is 6.14. The molecule has 0 atom stereocenters. The summed E-state index contributed by atoms with van der Waals surface area (Å²) in [6.45, 7) is 2.29. The van der Waals surface area contributed by atoms with Gasteiger partial charge in [0.15, 0.2) is 0 Å². The van der Waals surface area contributed by atoms with E-state index in [1.165, 1.54) is 11.0 Å². The quantitative estimate of drug-likeness (QED) is 0.816. The van der Waals surface area contributed by atoms with Gasteiger partial charge in [0.25, 0.3) is 5.91 Å². The van der Waals surface area contributed by atoms with E-state index >= 15 is 0 Å². The number of benzene rings is 1. The molecule has 0 bridgehead atoms. The van der Waals surface area contributed by atoms with Crippen molar-refractivity contribution in [2.45, 2.75) is 6.92 Å². The number of anilines is 1. The number of thiophene rings is 1. The molecule has 0 saturated carbocycles. The maximum absolute atomic E-state index is 12.1. The Morgan fingerprint density at radius 3 is 2.71 bits per heavy atom. The zero-order chi connectivity index (χ0) is 17.5. The topological polar surface area (TPSA) is 58.6 Å². The number of ether oxygens (including phenoxy) is 1. The van der Waals surface area contributed by atoms with Crippen molar-refractivity contribution in [3.8, 4) is 5.75 Å². The molecule has 2 rings (SSSR count). The molecule has 24 heavy (non-hydrogen) atoms. The Hall–Kier alpha value is -2.60. The second kappa shape index (κ2) is 8.31. The number of carbonyl (C=O) groups is 2. The molecule has 1 aromatic heterocycles. The predicted octanol–water partition coefficient (Wildman–Crippen LogP) is 3.50. The first-order valence-corrected chi connectivity index (χ1v) is 8.40. The number of nitrogens with zero attached hydrogens (tertiary/aromatic N) is 1. The van der Waals surface area contributed by atoms with Crippen LogP contribution >= 0.6 is 11.3 Å². The summed E-state index contributed by atoms with van der Waals surface area (Å²) in [5, 5.41) is 4.73. The summed E-state index contributed by atoms with van der Waals surface area (Å²) >= 11 is 1.56. The SMILES string of the molecule is CCOc1cc(C(=O)N(C)C)ccc1NC(=O)/C=C/c1cccs1. The monoisotopic (exact) mass is 344 g/mol. The molecule has 0 fully saturated rings. The number of nitrogens with one attached hydrogen (secondary N) is 1. The highest BCUT2D eigenvalue weighted by molar-refractivity contribution is 7.10. The normalized spacial score (nSPS) is 10.6. The summed E-state index contributed by atoms with van der Waals surface area (Å²) in [6, 6.07) is 8.85. The molecule has 0 saturated heterocycles. The van der Waals surface area contributed by atoms with Gasteiger partial charge in [-0.2, -0.15) is 0 Å². The Labute approximate surface area is 145 Å². The van der Waals surface area contributed by atoms with Crippen LogP contribution in [0.1, 0.15) is 22.2 Å². The van der Waals surface area contributed by atoms with Gasteiger partial charge in [0.1, 0.15) is 5.75 Å². The third-order valence-electron chi connectivity index (χ3n) is 3.13. The van der Waals surface area contributed by atoms with Gasteiger partial charge in [0.05, 0.1) is 12.3 Å². The molecule has 0 spiro atoms. The second-order valence-corrected chi connectivity index (χ2v) is 6.16. The molecule has 126 valence electrons. The third kappa shape index (κ3) is 4.70. The minimum atomic E-state index is -0.254. The lowest BCUT2D eigenvalue weighted by atomic mass is 10.1. The maximum Gasteiger partial charge on any atom is 0.253 e. The van der Waals surface area contributed by atoms with Gasteiger partial charge in [-0.1, -0.05) is 6.07 Å². The van der Waals surface area contributed by atoms with Crippen LogP contribution in [0.25, 0.3) is 6.08 Å². The van der Waals surface area contributed by atoms with Crippen LogP contribution in [0.3, 0.4) is 0 Å². The highest BCUT2D eigenvalue weighted by Gasteiger charge is 2.13. The fraction of sp³-hybridized carbons (Fsp3) is 0.222. The molecule has 1 aromatic carbocycles. The van der Waals surface area contributed by atoms with Crippen LogP contribution < -0.4 is 10.1 Å². The van der Waals surface area contributed by atoms with Crippen LogP contribution in [0, 0.1) is 0 Å². The second-order valence-electron chi connectivity index (χ2n) is 5.18. The molecule has 2 aromatic rings. The van der Waals surface area contributed by atoms with Crippen LogP contribution in [-0.2, 0) is 4.79 Å². The van der Waals surface area contributed by atoms with Gasteiger partial charge < -0.3 is 15.0 Å². The van der Waals surface area contributed by atoms with Crippen molar-refractivity contribution >= 4 is 34.9 Å². The van der Waals surface area contributed by atoms with Crippen molar-refractivity contribution in [2.24, 2.45) is 0 Å². The molecule has 0 aliphatic rings. The van der Waals surface area contributed by atoms with E-state index in [2.05, 4.69) is 5.32 Å². The first-order chi connectivity index (χ1) is 11.5. The van der Waals surface area contributed by atoms with E-state index in [9.17, 15) is 9.59 Å². The van der Waals surface area contributed by atoms with E-state index in [-0.39, 0.29) is 11.8 Å². The number of rotatable bonds is 6. The van der Waals surface area contributed by atoms with Crippen molar-refractivity contribution in [3.63, 3.8) is 0 Å². The zero-order valence-corrected chi connectivity index (χ0v) is 14.7. The van der Waals surface area contributed by atoms with Crippen molar-refractivity contribution in [1.29, 1.82) is 0 Å². The lowest BCUT2D eigenvalue weighted by Crippen LogP contribution is -2.21. The van der Waals surface area contributed by atoms with Crippen LogP contribution in [-0.4, -0.2) is 37.4 Å². The Morgan fingerprint density at radius 2 is 2.08 bits per heavy atom. The minimum absolute atomic E-state index is 0.119. The van der Waals surface area contributed by atoms with Crippen molar-refractivity contribution in [1.82, 2.24) is 4.90 Å². The largest absolute Gasteiger partial charge is 0.492 e. The van der Waals surface area contributed by atoms with Crippen LogP contribution in [0.2, 0.25) is 0 Å². The van der Waals surface area contributed by atoms with Gasteiger partial charge in [-0.15, -0.1) is 11.3 Å². The van der Waals surface area contributed by atoms with Crippen LogP contribution in [0.5, 0.6) is 5.75 Å². The summed E-state index contributed by atoms with van der Waals surface area (Å²) < 4.78 is 5.55. The van der Waals surface area contributed by atoms with Crippen LogP contribution in [0.4, 0.5) is 5.69 Å². The maximum atomic E-state index is 12.1. The van der Waals surface area contributed by atoms with Crippen molar-refractivity contribution < 1.29 is 14.3 Å². The van der Waals surface area contributed by atoms with E-state index in [0.29, 0.717) is 23.6 Å². The summed E-state index contributed by atoms with van der Waals surface area (Å²) in [4.78, 5) is 26.6. The number of amides is 2. The first-order valence-electron chi connectivity index (χ1n) is 7.52. The molecular formula is C18H20N2O3S. The van der Waals surface area contributed by atoms with Gasteiger partial charge in [0.2, 0.25) is 5.91 Å². The molecular weight excluding hydrogens is 324 g/mol.